The van der Waals surface area contributed by atoms with Crippen LogP contribution < -0.4 is 10.1 Å². The molecule has 1 heterocycles. The molecule has 0 spiro atoms. The van der Waals surface area contributed by atoms with Crippen molar-refractivity contribution in [3.8, 4) is 11.8 Å². The van der Waals surface area contributed by atoms with Gasteiger partial charge >= 0.3 is 0 Å². The molecule has 0 amide bonds. The number of anilines is 1. The topological polar surface area (TPSA) is 57.9 Å². The summed E-state index contributed by atoms with van der Waals surface area (Å²) in [6.45, 7) is 2.63. The van der Waals surface area contributed by atoms with E-state index >= 15 is 0 Å². The number of benzene rings is 1. The molecule has 1 N–H and O–H groups in total. The molecule has 2 aromatic rings. The SMILES string of the molecule is COc1cccc(CCNc2nc(C)ccc2C#N)c1. The Hall–Kier alpha value is -2.54. The lowest BCUT2D eigenvalue weighted by Crippen LogP contribution is -2.08. The van der Waals surface area contributed by atoms with Crippen LogP contribution in [0.1, 0.15) is 16.8 Å². The number of nitrogens with one attached hydrogen (secondary N) is 1. The fourth-order valence-corrected chi connectivity index (χ4v) is 1.93. The van der Waals surface area contributed by atoms with Gasteiger partial charge in [-0.05, 0) is 43.2 Å². The minimum atomic E-state index is 0.571. The van der Waals surface area contributed by atoms with Crippen molar-refractivity contribution >= 4 is 5.82 Å². The number of ether oxygens (including phenoxy) is 1. The van der Waals surface area contributed by atoms with Crippen molar-refractivity contribution in [2.75, 3.05) is 19.0 Å². The van der Waals surface area contributed by atoms with Crippen LogP contribution in [0.4, 0.5) is 5.82 Å². The molecule has 0 atom stereocenters. The Morgan fingerprint density at radius 3 is 2.90 bits per heavy atom. The van der Waals surface area contributed by atoms with Gasteiger partial charge in [0.05, 0.1) is 12.7 Å². The monoisotopic (exact) mass is 267 g/mol. The van der Waals surface area contributed by atoms with E-state index in [0.717, 1.165) is 24.4 Å². The first-order valence-electron chi connectivity index (χ1n) is 6.47. The highest BCUT2D eigenvalue weighted by molar-refractivity contribution is 5.52. The van der Waals surface area contributed by atoms with E-state index in [2.05, 4.69) is 22.4 Å². The second-order valence-electron chi connectivity index (χ2n) is 4.49. The molecule has 102 valence electrons. The Labute approximate surface area is 119 Å². The van der Waals surface area contributed by atoms with Crippen molar-refractivity contribution in [3.63, 3.8) is 0 Å². The largest absolute Gasteiger partial charge is 0.497 e. The smallest absolute Gasteiger partial charge is 0.144 e. The fourth-order valence-electron chi connectivity index (χ4n) is 1.93. The molecule has 1 aromatic carbocycles. The van der Waals surface area contributed by atoms with E-state index < -0.39 is 0 Å². The minimum absolute atomic E-state index is 0.571. The lowest BCUT2D eigenvalue weighted by Gasteiger charge is -2.09. The third-order valence-electron chi connectivity index (χ3n) is 3.00. The number of nitriles is 1. The molecule has 4 heteroatoms. The molecule has 0 radical (unpaired) electrons. The first-order valence-corrected chi connectivity index (χ1v) is 6.47. The Balaban J connectivity index is 1.99. The lowest BCUT2D eigenvalue weighted by atomic mass is 10.1. The molecule has 0 fully saturated rings. The zero-order valence-corrected chi connectivity index (χ0v) is 11.7. The van der Waals surface area contributed by atoms with Gasteiger partial charge in [0.15, 0.2) is 0 Å². The molecule has 0 saturated carbocycles. The molecule has 0 aliphatic heterocycles. The molecule has 1 aromatic heterocycles. The van der Waals surface area contributed by atoms with Crippen molar-refractivity contribution < 1.29 is 4.74 Å². The summed E-state index contributed by atoms with van der Waals surface area (Å²) in [4.78, 5) is 4.35. The van der Waals surface area contributed by atoms with E-state index in [0.29, 0.717) is 11.4 Å². The van der Waals surface area contributed by atoms with Gasteiger partial charge in [-0.1, -0.05) is 12.1 Å². The van der Waals surface area contributed by atoms with Gasteiger partial charge in [-0.15, -0.1) is 0 Å². The molecule has 4 nitrogen and oxygen atoms in total. The summed E-state index contributed by atoms with van der Waals surface area (Å²) in [5.74, 6) is 1.50. The van der Waals surface area contributed by atoms with Gasteiger partial charge in [0.1, 0.15) is 17.6 Å². The van der Waals surface area contributed by atoms with Crippen LogP contribution in [-0.2, 0) is 6.42 Å². The summed E-state index contributed by atoms with van der Waals surface area (Å²) in [5, 5.41) is 12.3. The van der Waals surface area contributed by atoms with Crippen LogP contribution in [0.2, 0.25) is 0 Å². The van der Waals surface area contributed by atoms with E-state index in [1.807, 2.05) is 31.2 Å². The average molecular weight is 267 g/mol. The second-order valence-corrected chi connectivity index (χ2v) is 4.49. The zero-order chi connectivity index (χ0) is 14.4. The van der Waals surface area contributed by atoms with E-state index in [1.165, 1.54) is 5.56 Å². The van der Waals surface area contributed by atoms with Crippen LogP contribution in [0, 0.1) is 18.3 Å². The van der Waals surface area contributed by atoms with E-state index in [9.17, 15) is 0 Å². The number of hydrogen-bond donors (Lipinski definition) is 1. The van der Waals surface area contributed by atoms with Gasteiger partial charge in [-0.3, -0.25) is 0 Å². The van der Waals surface area contributed by atoms with Gasteiger partial charge in [0.2, 0.25) is 0 Å². The maximum atomic E-state index is 9.05. The zero-order valence-electron chi connectivity index (χ0n) is 11.7. The van der Waals surface area contributed by atoms with Gasteiger partial charge in [-0.25, -0.2) is 4.98 Å². The molecule has 2 rings (SSSR count). The summed E-state index contributed by atoms with van der Waals surface area (Å²) >= 11 is 0. The molecule has 20 heavy (non-hydrogen) atoms. The Bertz CT molecular complexity index is 632. The number of methoxy groups -OCH3 is 1. The highest BCUT2D eigenvalue weighted by atomic mass is 16.5. The predicted molar refractivity (Wildman–Crippen MR) is 78.9 cm³/mol. The van der Waals surface area contributed by atoms with Crippen molar-refractivity contribution in [2.45, 2.75) is 13.3 Å². The Morgan fingerprint density at radius 1 is 1.30 bits per heavy atom. The molecular weight excluding hydrogens is 250 g/mol. The normalized spacial score (nSPS) is 9.85. The summed E-state index contributed by atoms with van der Waals surface area (Å²) < 4.78 is 5.20. The van der Waals surface area contributed by atoms with Crippen molar-refractivity contribution in [3.05, 3.63) is 53.2 Å². The summed E-state index contributed by atoms with van der Waals surface area (Å²) in [7, 11) is 1.66. The first kappa shape index (κ1) is 13.9. The van der Waals surface area contributed by atoms with E-state index in [-0.39, 0.29) is 0 Å². The minimum Gasteiger partial charge on any atom is -0.497 e. The van der Waals surface area contributed by atoms with Gasteiger partial charge in [0.25, 0.3) is 0 Å². The van der Waals surface area contributed by atoms with Crippen LogP contribution in [0.25, 0.3) is 0 Å². The number of nitrogens with zero attached hydrogens (tertiary/aromatic N) is 2. The maximum absolute atomic E-state index is 9.05. The quantitative estimate of drug-likeness (QED) is 0.905. The Morgan fingerprint density at radius 2 is 2.15 bits per heavy atom. The highest BCUT2D eigenvalue weighted by Gasteiger charge is 2.03. The van der Waals surface area contributed by atoms with Crippen molar-refractivity contribution in [1.82, 2.24) is 4.98 Å². The van der Waals surface area contributed by atoms with E-state index in [1.54, 1.807) is 13.2 Å². The standard InChI is InChI=1S/C16H17N3O/c1-12-6-7-14(11-17)16(19-12)18-9-8-13-4-3-5-15(10-13)20-2/h3-7,10H,8-9H2,1-2H3,(H,18,19). The molecule has 0 saturated heterocycles. The van der Waals surface area contributed by atoms with Crippen LogP contribution in [0.3, 0.4) is 0 Å². The fraction of sp³-hybridized carbons (Fsp3) is 0.250. The van der Waals surface area contributed by atoms with Crippen molar-refractivity contribution in [2.24, 2.45) is 0 Å². The molecule has 0 aliphatic rings. The van der Waals surface area contributed by atoms with Crippen LogP contribution in [-0.4, -0.2) is 18.6 Å². The molecule has 0 unspecified atom stereocenters. The number of aryl methyl sites for hydroxylation is 1. The van der Waals surface area contributed by atoms with Gasteiger partial charge < -0.3 is 10.1 Å². The Kier molecular flexibility index (Phi) is 4.56. The third-order valence-corrected chi connectivity index (χ3v) is 3.00. The summed E-state index contributed by atoms with van der Waals surface area (Å²) in [6, 6.07) is 13.7. The first-order chi connectivity index (χ1) is 9.72. The highest BCUT2D eigenvalue weighted by Crippen LogP contribution is 2.15. The third kappa shape index (κ3) is 3.48. The van der Waals surface area contributed by atoms with Crippen LogP contribution in [0.5, 0.6) is 5.75 Å². The molecular formula is C16H17N3O. The average Bonchev–Trinajstić information content (AvgIpc) is 2.48. The summed E-state index contributed by atoms with van der Waals surface area (Å²) in [6.07, 6.45) is 0.845. The predicted octanol–water partition coefficient (Wildman–Crippen LogP) is 2.92. The van der Waals surface area contributed by atoms with Crippen LogP contribution >= 0.6 is 0 Å². The lowest BCUT2D eigenvalue weighted by molar-refractivity contribution is 0.414. The number of rotatable bonds is 5. The van der Waals surface area contributed by atoms with E-state index in [4.69, 9.17) is 10.00 Å². The molecule has 0 aliphatic carbocycles. The summed E-state index contributed by atoms with van der Waals surface area (Å²) in [5.41, 5.74) is 2.65. The molecule has 0 bridgehead atoms. The number of hydrogen-bond acceptors (Lipinski definition) is 4. The van der Waals surface area contributed by atoms with Gasteiger partial charge in [0, 0.05) is 12.2 Å². The number of aromatic nitrogens is 1. The number of pyridine rings is 1. The van der Waals surface area contributed by atoms with Gasteiger partial charge in [-0.2, -0.15) is 5.26 Å². The van der Waals surface area contributed by atoms with Crippen molar-refractivity contribution in [1.29, 1.82) is 5.26 Å². The van der Waals surface area contributed by atoms with Crippen LogP contribution in [0.15, 0.2) is 36.4 Å². The maximum Gasteiger partial charge on any atom is 0.144 e. The second kappa shape index (κ2) is 6.58.